The van der Waals surface area contributed by atoms with E-state index in [2.05, 4.69) is 72.3 Å². The first-order valence-electron chi connectivity index (χ1n) is 23.7. The molecule has 0 aromatic rings. The number of nitrogens with zero attached hydrogens (tertiary/aromatic N) is 3. The lowest BCUT2D eigenvalue weighted by Gasteiger charge is -2.35. The second kappa shape index (κ2) is 41.0. The van der Waals surface area contributed by atoms with Crippen molar-refractivity contribution in [2.24, 2.45) is 0 Å². The van der Waals surface area contributed by atoms with Gasteiger partial charge < -0.3 is 24.4 Å². The normalized spacial score (nSPS) is 14.1. The molecule has 0 aromatic heterocycles. The molecule has 0 bridgehead atoms. The lowest BCUT2D eigenvalue weighted by molar-refractivity contribution is -0.148. The molecule has 58 heavy (non-hydrogen) atoms. The highest BCUT2D eigenvalue weighted by Crippen LogP contribution is 2.11. The summed E-state index contributed by atoms with van der Waals surface area (Å²) in [7, 11) is 0. The van der Waals surface area contributed by atoms with Gasteiger partial charge in [0, 0.05) is 52.2 Å². The van der Waals surface area contributed by atoms with Gasteiger partial charge in [-0.3, -0.25) is 19.3 Å². The number of aliphatic hydroxyl groups is 1. The van der Waals surface area contributed by atoms with Crippen LogP contribution in [0.4, 0.5) is 0 Å². The smallest absolute Gasteiger partial charge is 0.305 e. The molecule has 0 aromatic carbocycles. The number of rotatable bonds is 39. The van der Waals surface area contributed by atoms with Crippen LogP contribution in [0.15, 0.2) is 48.6 Å². The molecule has 0 unspecified atom stereocenters. The minimum atomic E-state index is -0.221. The molecule has 1 N–H and O–H groups in total. The van der Waals surface area contributed by atoms with E-state index >= 15 is 0 Å². The zero-order valence-corrected chi connectivity index (χ0v) is 37.4. The van der Waals surface area contributed by atoms with Gasteiger partial charge >= 0.3 is 11.9 Å². The molecule has 1 rings (SSSR count). The predicted octanol–water partition coefficient (Wildman–Crippen LogP) is 10.5. The van der Waals surface area contributed by atoms with Crippen LogP contribution < -0.4 is 0 Å². The molecular weight excluding hydrogens is 727 g/mol. The van der Waals surface area contributed by atoms with E-state index in [4.69, 9.17) is 14.6 Å². The number of piperazine rings is 1. The Morgan fingerprint density at radius 2 is 0.914 bits per heavy atom. The number of hydrogen-bond acceptors (Lipinski definition) is 8. The Morgan fingerprint density at radius 1 is 0.517 bits per heavy atom. The number of ether oxygens (including phenoxy) is 2. The van der Waals surface area contributed by atoms with Crippen molar-refractivity contribution in [3.63, 3.8) is 0 Å². The first-order valence-corrected chi connectivity index (χ1v) is 23.7. The van der Waals surface area contributed by atoms with Crippen LogP contribution in [0.2, 0.25) is 0 Å². The van der Waals surface area contributed by atoms with Crippen molar-refractivity contribution in [1.82, 2.24) is 14.7 Å². The monoisotopic (exact) mass is 814 g/mol. The van der Waals surface area contributed by atoms with E-state index in [1.807, 2.05) is 0 Å². The maximum absolute atomic E-state index is 13.4. The van der Waals surface area contributed by atoms with Gasteiger partial charge in [0.05, 0.1) is 19.6 Å². The molecule has 1 saturated heterocycles. The number of esters is 2. The van der Waals surface area contributed by atoms with Crippen LogP contribution in [0, 0.1) is 0 Å². The van der Waals surface area contributed by atoms with Crippen LogP contribution in [-0.2, 0) is 23.9 Å². The lowest BCUT2D eigenvalue weighted by Crippen LogP contribution is -2.51. The zero-order chi connectivity index (χ0) is 42.0. The number of carbonyl (C=O) groups is 3. The molecule has 0 spiro atoms. The van der Waals surface area contributed by atoms with Crippen LogP contribution in [0.5, 0.6) is 0 Å². The molecule has 0 radical (unpaired) electrons. The van der Waals surface area contributed by atoms with E-state index in [9.17, 15) is 14.4 Å². The average Bonchev–Trinajstić information content (AvgIpc) is 3.22. The van der Waals surface area contributed by atoms with E-state index in [-0.39, 0.29) is 57.3 Å². The Labute approximate surface area is 355 Å². The van der Waals surface area contributed by atoms with Gasteiger partial charge in [-0.15, -0.1) is 0 Å². The van der Waals surface area contributed by atoms with Crippen LogP contribution in [0.1, 0.15) is 174 Å². The molecule has 1 aliphatic rings. The van der Waals surface area contributed by atoms with Gasteiger partial charge in [-0.1, -0.05) is 127 Å². The van der Waals surface area contributed by atoms with Crippen molar-refractivity contribution >= 4 is 17.8 Å². The third-order valence-corrected chi connectivity index (χ3v) is 10.7. The molecule has 0 atom stereocenters. The number of allylic oxidation sites excluding steroid dienone is 8. The third kappa shape index (κ3) is 34.1. The zero-order valence-electron chi connectivity index (χ0n) is 37.4. The fourth-order valence-electron chi connectivity index (χ4n) is 6.96. The average molecular weight is 814 g/mol. The van der Waals surface area contributed by atoms with Gasteiger partial charge in [-0.25, -0.2) is 0 Å². The molecule has 0 aliphatic carbocycles. The highest BCUT2D eigenvalue weighted by atomic mass is 16.5. The van der Waals surface area contributed by atoms with E-state index in [1.54, 1.807) is 4.90 Å². The Kier molecular flexibility index (Phi) is 37.7. The van der Waals surface area contributed by atoms with E-state index in [0.29, 0.717) is 12.8 Å². The summed E-state index contributed by atoms with van der Waals surface area (Å²) in [6.45, 7) is 9.96. The molecule has 1 heterocycles. The summed E-state index contributed by atoms with van der Waals surface area (Å²) in [6.07, 6.45) is 44.7. The summed E-state index contributed by atoms with van der Waals surface area (Å²) >= 11 is 0. The Bertz CT molecular complexity index is 1030. The second-order valence-corrected chi connectivity index (χ2v) is 16.0. The fourth-order valence-corrected chi connectivity index (χ4v) is 6.96. The molecule has 1 aliphatic heterocycles. The molecule has 9 nitrogen and oxygen atoms in total. The molecule has 1 fully saturated rings. The first-order chi connectivity index (χ1) is 28.5. The summed E-state index contributed by atoms with van der Waals surface area (Å²) in [5.41, 5.74) is 0. The highest BCUT2D eigenvalue weighted by Gasteiger charge is 2.22. The van der Waals surface area contributed by atoms with Crippen LogP contribution in [0.3, 0.4) is 0 Å². The first kappa shape index (κ1) is 53.3. The summed E-state index contributed by atoms with van der Waals surface area (Å²) in [6, 6.07) is 0. The fraction of sp³-hybridized carbons (Fsp3) is 0.776. The SMILES string of the molecule is CCCCC/C=C\C/C=C\CCCCCCCC(=O)OCCN(CCOC(=O)CCCCCCC/C=C\C/C=C\CCCCC)C(=O)CN1CCN(CCCO)CC1. The van der Waals surface area contributed by atoms with E-state index < -0.39 is 0 Å². The maximum atomic E-state index is 13.4. The Morgan fingerprint density at radius 3 is 1.34 bits per heavy atom. The van der Waals surface area contributed by atoms with E-state index in [1.165, 1.54) is 77.0 Å². The van der Waals surface area contributed by atoms with Crippen molar-refractivity contribution in [2.45, 2.75) is 174 Å². The van der Waals surface area contributed by atoms with Gasteiger partial charge in [0.15, 0.2) is 0 Å². The highest BCUT2D eigenvalue weighted by molar-refractivity contribution is 5.78. The minimum absolute atomic E-state index is 0.0432. The van der Waals surface area contributed by atoms with Gasteiger partial charge in [-0.2, -0.15) is 0 Å². The predicted molar refractivity (Wildman–Crippen MR) is 242 cm³/mol. The topological polar surface area (TPSA) is 99.6 Å². The number of unbranched alkanes of at least 4 members (excludes halogenated alkanes) is 16. The molecule has 0 saturated carbocycles. The van der Waals surface area contributed by atoms with Gasteiger partial charge in [-0.05, 0) is 83.5 Å². The summed E-state index contributed by atoms with van der Waals surface area (Å²) < 4.78 is 11.1. The standard InChI is InChI=1S/C49H87N3O6/c1-3-5-7-9-11-13-15-17-19-21-23-25-27-29-31-34-48(55)57-44-41-52(47(54)46-51-39-37-50(38-40-51)36-33-43-53)42-45-58-49(56)35-32-30-28-26-24-22-20-18-16-14-12-10-8-6-4-2/h11-14,17-20,53H,3-10,15-16,21-46H2,1-2H3/b13-11-,14-12-,19-17-,20-18-. The third-order valence-electron chi connectivity index (χ3n) is 10.7. The van der Waals surface area contributed by atoms with Crippen molar-refractivity contribution in [3.05, 3.63) is 48.6 Å². The maximum Gasteiger partial charge on any atom is 0.305 e. The summed E-state index contributed by atoms with van der Waals surface area (Å²) in [5.74, 6) is -0.486. The molecular formula is C49H87N3O6. The molecule has 1 amide bonds. The van der Waals surface area contributed by atoms with Crippen LogP contribution in [0.25, 0.3) is 0 Å². The number of aliphatic hydroxyl groups excluding tert-OH is 1. The van der Waals surface area contributed by atoms with Crippen LogP contribution >= 0.6 is 0 Å². The van der Waals surface area contributed by atoms with Crippen molar-refractivity contribution in [1.29, 1.82) is 0 Å². The van der Waals surface area contributed by atoms with Crippen molar-refractivity contribution < 1.29 is 29.0 Å². The quantitative estimate of drug-likeness (QED) is 0.0372. The largest absolute Gasteiger partial charge is 0.464 e. The van der Waals surface area contributed by atoms with Crippen molar-refractivity contribution in [3.8, 4) is 0 Å². The Balaban J connectivity index is 2.30. The molecule has 9 heteroatoms. The lowest BCUT2D eigenvalue weighted by atomic mass is 10.1. The van der Waals surface area contributed by atoms with Gasteiger partial charge in [0.25, 0.3) is 0 Å². The second-order valence-electron chi connectivity index (χ2n) is 16.0. The molecule has 334 valence electrons. The Hall–Kier alpha value is -2.75. The van der Waals surface area contributed by atoms with Crippen molar-refractivity contribution in [2.75, 3.05) is 72.2 Å². The van der Waals surface area contributed by atoms with Gasteiger partial charge in [0.1, 0.15) is 13.2 Å². The number of carbonyl (C=O) groups excluding carboxylic acids is 3. The van der Waals surface area contributed by atoms with Crippen LogP contribution in [-0.4, -0.2) is 110 Å². The number of hydrogen-bond donors (Lipinski definition) is 1. The minimum Gasteiger partial charge on any atom is -0.464 e. The summed E-state index contributed by atoms with van der Waals surface area (Å²) in [5, 5.41) is 9.15. The summed E-state index contributed by atoms with van der Waals surface area (Å²) in [4.78, 5) is 44.5. The number of amides is 1. The van der Waals surface area contributed by atoms with E-state index in [0.717, 1.165) is 103 Å². The van der Waals surface area contributed by atoms with Gasteiger partial charge in [0.2, 0.25) is 5.91 Å².